The number of nitrogens with two attached hydrogens (primary N) is 1. The van der Waals surface area contributed by atoms with Crippen molar-refractivity contribution in [1.82, 2.24) is 0 Å². The van der Waals surface area contributed by atoms with E-state index >= 15 is 0 Å². The van der Waals surface area contributed by atoms with Crippen molar-refractivity contribution in [3.8, 4) is 5.75 Å². The van der Waals surface area contributed by atoms with E-state index in [9.17, 15) is 0 Å². The van der Waals surface area contributed by atoms with Gasteiger partial charge in [0.2, 0.25) is 0 Å². The van der Waals surface area contributed by atoms with Gasteiger partial charge >= 0.3 is 0 Å². The van der Waals surface area contributed by atoms with E-state index in [1.165, 1.54) is 0 Å². The monoisotopic (exact) mass is 179 g/mol. The van der Waals surface area contributed by atoms with E-state index in [1.807, 2.05) is 30.3 Å². The molecule has 0 spiro atoms. The first-order valence-corrected chi connectivity index (χ1v) is 4.41. The van der Waals surface area contributed by atoms with E-state index in [1.54, 1.807) is 0 Å². The molecule has 0 radical (unpaired) electrons. The molecular formula is C10H13NO2. The van der Waals surface area contributed by atoms with Crippen LogP contribution in [-0.2, 0) is 4.74 Å². The molecule has 0 amide bonds. The smallest absolute Gasteiger partial charge is 0.139 e. The fourth-order valence-corrected chi connectivity index (χ4v) is 1.35. The minimum Gasteiger partial charge on any atom is -0.486 e. The van der Waals surface area contributed by atoms with Crippen LogP contribution in [0.4, 0.5) is 0 Å². The van der Waals surface area contributed by atoms with Gasteiger partial charge < -0.3 is 15.2 Å². The Bertz CT molecular complexity index is 263. The quantitative estimate of drug-likeness (QED) is 0.730. The van der Waals surface area contributed by atoms with Gasteiger partial charge in [-0.1, -0.05) is 18.2 Å². The largest absolute Gasteiger partial charge is 0.486 e. The normalized spacial score (nSPS) is 27.5. The van der Waals surface area contributed by atoms with Gasteiger partial charge in [0.25, 0.3) is 0 Å². The van der Waals surface area contributed by atoms with E-state index in [-0.39, 0.29) is 12.1 Å². The zero-order valence-corrected chi connectivity index (χ0v) is 7.35. The molecule has 1 aromatic rings. The van der Waals surface area contributed by atoms with Crippen LogP contribution in [-0.4, -0.2) is 25.4 Å². The van der Waals surface area contributed by atoms with Gasteiger partial charge in [-0.2, -0.15) is 0 Å². The Balaban J connectivity index is 1.98. The predicted octanol–water partition coefficient (Wildman–Crippen LogP) is 0.791. The van der Waals surface area contributed by atoms with Gasteiger partial charge in [0.1, 0.15) is 11.9 Å². The summed E-state index contributed by atoms with van der Waals surface area (Å²) in [6.45, 7) is 1.19. The second-order valence-corrected chi connectivity index (χ2v) is 3.17. The molecule has 13 heavy (non-hydrogen) atoms. The molecule has 70 valence electrons. The van der Waals surface area contributed by atoms with E-state index in [0.717, 1.165) is 5.75 Å². The summed E-state index contributed by atoms with van der Waals surface area (Å²) in [5.41, 5.74) is 5.78. The van der Waals surface area contributed by atoms with Crippen molar-refractivity contribution < 1.29 is 9.47 Å². The Morgan fingerprint density at radius 2 is 2.00 bits per heavy atom. The molecular weight excluding hydrogens is 166 g/mol. The summed E-state index contributed by atoms with van der Waals surface area (Å²) < 4.78 is 10.8. The number of hydrogen-bond acceptors (Lipinski definition) is 3. The number of benzene rings is 1. The Hall–Kier alpha value is -1.06. The molecule has 2 N–H and O–H groups in total. The van der Waals surface area contributed by atoms with Gasteiger partial charge in [0.05, 0.1) is 19.3 Å². The highest BCUT2D eigenvalue weighted by Gasteiger charge is 2.26. The van der Waals surface area contributed by atoms with Gasteiger partial charge in [-0.15, -0.1) is 0 Å². The Labute approximate surface area is 77.5 Å². The lowest BCUT2D eigenvalue weighted by atomic mass is 10.2. The fourth-order valence-electron chi connectivity index (χ4n) is 1.35. The number of hydrogen-bond donors (Lipinski definition) is 1. The summed E-state index contributed by atoms with van der Waals surface area (Å²) in [6, 6.07) is 9.68. The molecule has 0 unspecified atom stereocenters. The van der Waals surface area contributed by atoms with Crippen molar-refractivity contribution in [3.63, 3.8) is 0 Å². The molecule has 2 atom stereocenters. The molecule has 0 aliphatic carbocycles. The van der Waals surface area contributed by atoms with Crippen LogP contribution in [0.1, 0.15) is 0 Å². The minimum absolute atomic E-state index is 0.000191. The third-order valence-electron chi connectivity index (χ3n) is 2.10. The number of ether oxygens (including phenoxy) is 2. The standard InChI is InChI=1S/C10H13NO2/c11-9-6-12-7-10(9)13-8-4-2-1-3-5-8/h1-5,9-10H,6-7,11H2/t9-,10-/m1/s1. The van der Waals surface area contributed by atoms with Gasteiger partial charge in [0, 0.05) is 0 Å². The molecule has 1 aliphatic rings. The summed E-state index contributed by atoms with van der Waals surface area (Å²) in [5, 5.41) is 0. The van der Waals surface area contributed by atoms with Crippen molar-refractivity contribution in [3.05, 3.63) is 30.3 Å². The van der Waals surface area contributed by atoms with Gasteiger partial charge in [-0.25, -0.2) is 0 Å². The molecule has 1 heterocycles. The molecule has 0 saturated carbocycles. The van der Waals surface area contributed by atoms with Gasteiger partial charge in [-0.3, -0.25) is 0 Å². The molecule has 2 rings (SSSR count). The minimum atomic E-state index is 0.000191. The van der Waals surface area contributed by atoms with Crippen molar-refractivity contribution in [2.24, 2.45) is 5.73 Å². The first-order chi connectivity index (χ1) is 6.36. The third kappa shape index (κ3) is 1.99. The third-order valence-corrected chi connectivity index (χ3v) is 2.10. The first-order valence-electron chi connectivity index (χ1n) is 4.41. The lowest BCUT2D eigenvalue weighted by molar-refractivity contribution is 0.140. The summed E-state index contributed by atoms with van der Waals surface area (Å²) in [5.74, 6) is 0.855. The van der Waals surface area contributed by atoms with Crippen LogP contribution in [0.2, 0.25) is 0 Å². The van der Waals surface area contributed by atoms with Crippen LogP contribution in [0, 0.1) is 0 Å². The van der Waals surface area contributed by atoms with Crippen LogP contribution < -0.4 is 10.5 Å². The average Bonchev–Trinajstić information content (AvgIpc) is 2.54. The zero-order chi connectivity index (χ0) is 9.10. The van der Waals surface area contributed by atoms with E-state index in [0.29, 0.717) is 13.2 Å². The fraction of sp³-hybridized carbons (Fsp3) is 0.400. The lowest BCUT2D eigenvalue weighted by Gasteiger charge is -2.15. The number of rotatable bonds is 2. The Morgan fingerprint density at radius 3 is 2.62 bits per heavy atom. The maximum atomic E-state index is 5.78. The maximum Gasteiger partial charge on any atom is 0.139 e. The molecule has 3 nitrogen and oxygen atoms in total. The lowest BCUT2D eigenvalue weighted by Crippen LogP contribution is -2.37. The average molecular weight is 179 g/mol. The summed E-state index contributed by atoms with van der Waals surface area (Å²) >= 11 is 0. The summed E-state index contributed by atoms with van der Waals surface area (Å²) in [7, 11) is 0. The van der Waals surface area contributed by atoms with Crippen molar-refractivity contribution in [2.45, 2.75) is 12.1 Å². The van der Waals surface area contributed by atoms with Gasteiger partial charge in [-0.05, 0) is 12.1 Å². The highest BCUT2D eigenvalue weighted by molar-refractivity contribution is 5.21. The van der Waals surface area contributed by atoms with Crippen LogP contribution in [0.3, 0.4) is 0 Å². The molecule has 1 aromatic carbocycles. The second kappa shape index (κ2) is 3.77. The van der Waals surface area contributed by atoms with E-state index in [4.69, 9.17) is 15.2 Å². The predicted molar refractivity (Wildman–Crippen MR) is 49.7 cm³/mol. The molecule has 1 saturated heterocycles. The molecule has 1 fully saturated rings. The highest BCUT2D eigenvalue weighted by atomic mass is 16.5. The zero-order valence-electron chi connectivity index (χ0n) is 7.35. The van der Waals surface area contributed by atoms with Gasteiger partial charge in [0.15, 0.2) is 0 Å². The second-order valence-electron chi connectivity index (χ2n) is 3.17. The van der Waals surface area contributed by atoms with Crippen LogP contribution >= 0.6 is 0 Å². The maximum absolute atomic E-state index is 5.78. The SMILES string of the molecule is N[C@@H]1COC[C@H]1Oc1ccccc1. The van der Waals surface area contributed by atoms with Crippen molar-refractivity contribution >= 4 is 0 Å². The van der Waals surface area contributed by atoms with Crippen LogP contribution in [0.25, 0.3) is 0 Å². The Morgan fingerprint density at radius 1 is 1.23 bits per heavy atom. The van der Waals surface area contributed by atoms with Crippen LogP contribution in [0.5, 0.6) is 5.75 Å². The molecule has 1 aliphatic heterocycles. The molecule has 0 bridgehead atoms. The highest BCUT2D eigenvalue weighted by Crippen LogP contribution is 2.15. The Kier molecular flexibility index (Phi) is 2.47. The molecule has 3 heteroatoms. The van der Waals surface area contributed by atoms with Crippen LogP contribution in [0.15, 0.2) is 30.3 Å². The van der Waals surface area contributed by atoms with Crippen molar-refractivity contribution in [1.29, 1.82) is 0 Å². The van der Waals surface area contributed by atoms with Crippen molar-refractivity contribution in [2.75, 3.05) is 13.2 Å². The molecule has 0 aromatic heterocycles. The van der Waals surface area contributed by atoms with E-state index in [2.05, 4.69) is 0 Å². The van der Waals surface area contributed by atoms with E-state index < -0.39 is 0 Å². The topological polar surface area (TPSA) is 44.5 Å². The summed E-state index contributed by atoms with van der Waals surface area (Å²) in [6.07, 6.45) is 0.00222. The first kappa shape index (κ1) is 8.53. The number of para-hydroxylation sites is 1. The summed E-state index contributed by atoms with van der Waals surface area (Å²) in [4.78, 5) is 0.